The first-order valence-corrected chi connectivity index (χ1v) is 6.74. The van der Waals surface area contributed by atoms with Gasteiger partial charge in [0.1, 0.15) is 5.58 Å². The quantitative estimate of drug-likeness (QED) is 0.787. The van der Waals surface area contributed by atoms with Crippen LogP contribution in [0.25, 0.3) is 11.0 Å². The number of carbonyl (C=O) groups is 1. The maximum absolute atomic E-state index is 13.1. The van der Waals surface area contributed by atoms with Gasteiger partial charge in [0, 0.05) is 22.7 Å². The molecule has 0 bridgehead atoms. The Bertz CT molecular complexity index is 855. The lowest BCUT2D eigenvalue weighted by Crippen LogP contribution is -2.14. The molecule has 0 atom stereocenters. The van der Waals surface area contributed by atoms with Crippen LogP contribution in [0.4, 0.5) is 14.5 Å². The van der Waals surface area contributed by atoms with Crippen LogP contribution in [0.2, 0.25) is 0 Å². The molecule has 5 heteroatoms. The van der Waals surface area contributed by atoms with Crippen molar-refractivity contribution in [1.29, 1.82) is 0 Å². The summed E-state index contributed by atoms with van der Waals surface area (Å²) in [5.74, 6) is -2.27. The zero-order valence-electron chi connectivity index (χ0n) is 11.8. The van der Waals surface area contributed by atoms with E-state index in [1.54, 1.807) is 0 Å². The third-order valence-electron chi connectivity index (χ3n) is 3.37. The molecule has 3 rings (SSSR count). The second kappa shape index (κ2) is 5.60. The molecule has 0 unspecified atom stereocenters. The van der Waals surface area contributed by atoms with Crippen LogP contribution in [0.15, 0.2) is 47.1 Å². The predicted octanol–water partition coefficient (Wildman–Crippen LogP) is 4.20. The number of benzene rings is 2. The molecule has 0 saturated carbocycles. The fourth-order valence-corrected chi connectivity index (χ4v) is 2.28. The van der Waals surface area contributed by atoms with Crippen LogP contribution in [-0.2, 0) is 11.2 Å². The van der Waals surface area contributed by atoms with E-state index in [-0.39, 0.29) is 18.0 Å². The number of aryl methyl sites for hydroxylation is 1. The summed E-state index contributed by atoms with van der Waals surface area (Å²) in [7, 11) is 0. The number of rotatable bonds is 3. The summed E-state index contributed by atoms with van der Waals surface area (Å²) in [6, 6.07) is 8.97. The lowest BCUT2D eigenvalue weighted by molar-refractivity contribution is -0.115. The standard InChI is InChI=1S/C17H13F2NO2/c1-10-2-4-13-11(9-22-16(13)6-10)7-17(21)20-12-3-5-14(18)15(19)8-12/h2-6,8-9H,7H2,1H3,(H,20,21). The molecule has 1 N–H and O–H groups in total. The molecule has 0 spiro atoms. The third kappa shape index (κ3) is 2.83. The first kappa shape index (κ1) is 14.3. The Kier molecular flexibility index (Phi) is 3.63. The maximum Gasteiger partial charge on any atom is 0.228 e. The first-order valence-electron chi connectivity index (χ1n) is 6.74. The Morgan fingerprint density at radius 1 is 1.14 bits per heavy atom. The van der Waals surface area contributed by atoms with Gasteiger partial charge in [0.2, 0.25) is 5.91 Å². The van der Waals surface area contributed by atoms with E-state index in [1.807, 2.05) is 25.1 Å². The second-order valence-corrected chi connectivity index (χ2v) is 5.11. The molecule has 112 valence electrons. The van der Waals surface area contributed by atoms with E-state index in [9.17, 15) is 13.6 Å². The number of furan rings is 1. The maximum atomic E-state index is 13.1. The van der Waals surface area contributed by atoms with Crippen LogP contribution in [0.5, 0.6) is 0 Å². The van der Waals surface area contributed by atoms with Gasteiger partial charge in [0.05, 0.1) is 12.7 Å². The van der Waals surface area contributed by atoms with Crippen LogP contribution in [0.1, 0.15) is 11.1 Å². The molecular weight excluding hydrogens is 288 g/mol. The van der Waals surface area contributed by atoms with Gasteiger partial charge < -0.3 is 9.73 Å². The lowest BCUT2D eigenvalue weighted by Gasteiger charge is -2.05. The van der Waals surface area contributed by atoms with Crippen molar-refractivity contribution in [3.63, 3.8) is 0 Å². The Hall–Kier alpha value is -2.69. The van der Waals surface area contributed by atoms with E-state index in [0.29, 0.717) is 0 Å². The number of nitrogens with one attached hydrogen (secondary N) is 1. The first-order chi connectivity index (χ1) is 10.5. The Morgan fingerprint density at radius 2 is 1.95 bits per heavy atom. The van der Waals surface area contributed by atoms with E-state index < -0.39 is 11.6 Å². The SMILES string of the molecule is Cc1ccc2c(CC(=O)Nc3ccc(F)c(F)c3)coc2c1. The Morgan fingerprint density at radius 3 is 2.73 bits per heavy atom. The van der Waals surface area contributed by atoms with Gasteiger partial charge in [-0.1, -0.05) is 12.1 Å². The molecule has 0 radical (unpaired) electrons. The van der Waals surface area contributed by atoms with Gasteiger partial charge in [-0.2, -0.15) is 0 Å². The average Bonchev–Trinajstić information content (AvgIpc) is 2.85. The number of anilines is 1. The highest BCUT2D eigenvalue weighted by atomic mass is 19.2. The molecule has 3 aromatic rings. The van der Waals surface area contributed by atoms with Crippen LogP contribution in [0, 0.1) is 18.6 Å². The van der Waals surface area contributed by atoms with Gasteiger partial charge in [-0.3, -0.25) is 4.79 Å². The molecule has 0 aliphatic rings. The van der Waals surface area contributed by atoms with Gasteiger partial charge in [-0.05, 0) is 30.7 Å². The zero-order chi connectivity index (χ0) is 15.7. The topological polar surface area (TPSA) is 42.2 Å². The smallest absolute Gasteiger partial charge is 0.228 e. The van der Waals surface area contributed by atoms with Gasteiger partial charge in [0.25, 0.3) is 0 Å². The lowest BCUT2D eigenvalue weighted by atomic mass is 10.1. The molecule has 0 saturated heterocycles. The number of hydrogen-bond donors (Lipinski definition) is 1. The van der Waals surface area contributed by atoms with Crippen molar-refractivity contribution in [3.8, 4) is 0 Å². The third-order valence-corrected chi connectivity index (χ3v) is 3.37. The van der Waals surface area contributed by atoms with Crippen molar-refractivity contribution in [2.75, 3.05) is 5.32 Å². The second-order valence-electron chi connectivity index (χ2n) is 5.11. The van der Waals surface area contributed by atoms with Crippen molar-refractivity contribution in [2.24, 2.45) is 0 Å². The number of carbonyl (C=O) groups excluding carboxylic acids is 1. The number of halogens is 2. The van der Waals surface area contributed by atoms with Crippen LogP contribution in [-0.4, -0.2) is 5.91 Å². The van der Waals surface area contributed by atoms with Crippen molar-refractivity contribution in [2.45, 2.75) is 13.3 Å². The molecule has 3 nitrogen and oxygen atoms in total. The summed E-state index contributed by atoms with van der Waals surface area (Å²) in [5, 5.41) is 3.40. The molecule has 0 fully saturated rings. The fraction of sp³-hybridized carbons (Fsp3) is 0.118. The van der Waals surface area contributed by atoms with Gasteiger partial charge in [0.15, 0.2) is 11.6 Å². The predicted molar refractivity (Wildman–Crippen MR) is 79.6 cm³/mol. The minimum Gasteiger partial charge on any atom is -0.464 e. The highest BCUT2D eigenvalue weighted by molar-refractivity contribution is 5.95. The van der Waals surface area contributed by atoms with Crippen molar-refractivity contribution in [3.05, 3.63) is 65.4 Å². The molecule has 1 aromatic heterocycles. The van der Waals surface area contributed by atoms with Crippen LogP contribution >= 0.6 is 0 Å². The summed E-state index contributed by atoms with van der Waals surface area (Å²) in [5.41, 5.74) is 2.75. The van der Waals surface area contributed by atoms with Crippen LogP contribution in [0.3, 0.4) is 0 Å². The van der Waals surface area contributed by atoms with Crippen molar-refractivity contribution >= 4 is 22.6 Å². The summed E-state index contributed by atoms with van der Waals surface area (Å²) >= 11 is 0. The van der Waals surface area contributed by atoms with E-state index in [1.165, 1.54) is 12.3 Å². The van der Waals surface area contributed by atoms with Crippen molar-refractivity contribution in [1.82, 2.24) is 0 Å². The summed E-state index contributed by atoms with van der Waals surface area (Å²) in [6.45, 7) is 1.96. The Balaban J connectivity index is 1.76. The molecule has 22 heavy (non-hydrogen) atoms. The normalized spacial score (nSPS) is 10.9. The number of amides is 1. The largest absolute Gasteiger partial charge is 0.464 e. The molecule has 0 aliphatic heterocycles. The van der Waals surface area contributed by atoms with Crippen molar-refractivity contribution < 1.29 is 18.0 Å². The number of fused-ring (bicyclic) bond motifs is 1. The van der Waals surface area contributed by atoms with E-state index in [0.717, 1.165) is 34.2 Å². The molecule has 0 aliphatic carbocycles. The fourth-order valence-electron chi connectivity index (χ4n) is 2.28. The van der Waals surface area contributed by atoms with Gasteiger partial charge in [-0.15, -0.1) is 0 Å². The van der Waals surface area contributed by atoms with E-state index >= 15 is 0 Å². The summed E-state index contributed by atoms with van der Waals surface area (Å²) < 4.78 is 31.4. The summed E-state index contributed by atoms with van der Waals surface area (Å²) in [6.07, 6.45) is 1.63. The van der Waals surface area contributed by atoms with Crippen LogP contribution < -0.4 is 5.32 Å². The Labute approximate surface area is 125 Å². The minimum absolute atomic E-state index is 0.0923. The highest BCUT2D eigenvalue weighted by Crippen LogP contribution is 2.23. The highest BCUT2D eigenvalue weighted by Gasteiger charge is 2.11. The molecular formula is C17H13F2NO2. The van der Waals surface area contributed by atoms with Gasteiger partial charge in [-0.25, -0.2) is 8.78 Å². The van der Waals surface area contributed by atoms with E-state index in [4.69, 9.17) is 4.42 Å². The number of hydrogen-bond acceptors (Lipinski definition) is 2. The molecule has 2 aromatic carbocycles. The molecule has 1 heterocycles. The monoisotopic (exact) mass is 301 g/mol. The molecule has 1 amide bonds. The minimum atomic E-state index is -0.998. The average molecular weight is 301 g/mol. The zero-order valence-corrected chi connectivity index (χ0v) is 11.8. The summed E-state index contributed by atoms with van der Waals surface area (Å²) in [4.78, 5) is 12.0. The van der Waals surface area contributed by atoms with E-state index in [2.05, 4.69) is 5.32 Å². The van der Waals surface area contributed by atoms with Gasteiger partial charge >= 0.3 is 0 Å².